The minimum atomic E-state index is 0.0961. The zero-order valence-corrected chi connectivity index (χ0v) is 34.7. The van der Waals surface area contributed by atoms with Gasteiger partial charge in [-0.1, -0.05) is 152 Å². The Morgan fingerprint density at radius 2 is 0.906 bits per heavy atom. The van der Waals surface area contributed by atoms with Crippen molar-refractivity contribution < 1.29 is 8.83 Å². The number of aromatic nitrogens is 1. The van der Waals surface area contributed by atoms with Crippen LogP contribution in [0, 0.1) is 0 Å². The number of hydrogen-bond acceptors (Lipinski definition) is 3. The lowest BCUT2D eigenvalue weighted by atomic mass is 9.86. The van der Waals surface area contributed by atoms with Gasteiger partial charge in [-0.2, -0.15) is 0 Å². The predicted molar refractivity (Wildman–Crippen MR) is 265 cm³/mol. The predicted octanol–water partition coefficient (Wildman–Crippen LogP) is 16.2. The van der Waals surface area contributed by atoms with E-state index >= 15 is 0 Å². The molecule has 0 fully saturated rings. The molecule has 14 rings (SSSR count). The molecule has 4 heteroatoms. The maximum Gasteiger partial charge on any atom is 0.135 e. The Balaban J connectivity index is 0.962. The summed E-state index contributed by atoms with van der Waals surface area (Å²) in [6.07, 6.45) is 7.18. The van der Waals surface area contributed by atoms with E-state index in [-0.39, 0.29) is 12.0 Å². The molecule has 2 atom stereocenters. The number of furan rings is 2. The molecule has 0 saturated heterocycles. The van der Waals surface area contributed by atoms with Crippen molar-refractivity contribution >= 4 is 82.6 Å². The molecule has 4 nitrogen and oxygen atoms in total. The third-order valence-electron chi connectivity index (χ3n) is 13.7. The van der Waals surface area contributed by atoms with Crippen LogP contribution in [0.5, 0.6) is 0 Å². The summed E-state index contributed by atoms with van der Waals surface area (Å²) in [5, 5.41) is 6.93. The van der Waals surface area contributed by atoms with Crippen molar-refractivity contribution in [3.05, 3.63) is 230 Å². The third kappa shape index (κ3) is 5.29. The minimum absolute atomic E-state index is 0.0961. The van der Waals surface area contributed by atoms with Gasteiger partial charge in [-0.25, -0.2) is 0 Å². The average molecular weight is 819 g/mol. The van der Waals surface area contributed by atoms with Gasteiger partial charge in [0.15, 0.2) is 0 Å². The smallest absolute Gasteiger partial charge is 0.135 e. The van der Waals surface area contributed by atoms with Crippen LogP contribution >= 0.6 is 0 Å². The lowest BCUT2D eigenvalue weighted by Gasteiger charge is -2.30. The van der Waals surface area contributed by atoms with E-state index in [9.17, 15) is 0 Å². The van der Waals surface area contributed by atoms with E-state index in [2.05, 4.69) is 210 Å². The van der Waals surface area contributed by atoms with Gasteiger partial charge in [0.2, 0.25) is 0 Å². The van der Waals surface area contributed by atoms with Crippen molar-refractivity contribution in [1.29, 1.82) is 0 Å². The first-order chi connectivity index (χ1) is 31.7. The summed E-state index contributed by atoms with van der Waals surface area (Å²) in [4.78, 5) is 2.56. The topological polar surface area (TPSA) is 34.5 Å². The summed E-state index contributed by atoms with van der Waals surface area (Å²) in [6.45, 7) is 0. The molecule has 1 aliphatic carbocycles. The van der Waals surface area contributed by atoms with Crippen LogP contribution in [-0.4, -0.2) is 10.6 Å². The quantitative estimate of drug-likeness (QED) is 0.173. The molecular weight excluding hydrogens is 781 g/mol. The molecule has 9 aromatic carbocycles. The highest BCUT2D eigenvalue weighted by atomic mass is 16.3. The van der Waals surface area contributed by atoms with Gasteiger partial charge in [0, 0.05) is 55.3 Å². The van der Waals surface area contributed by atoms with Crippen LogP contribution in [-0.2, 0) is 0 Å². The number of para-hydroxylation sites is 2. The lowest BCUT2D eigenvalue weighted by Crippen LogP contribution is -2.29. The van der Waals surface area contributed by atoms with Crippen molar-refractivity contribution in [2.45, 2.75) is 12.0 Å². The van der Waals surface area contributed by atoms with Gasteiger partial charge in [-0.15, -0.1) is 0 Å². The zero-order chi connectivity index (χ0) is 41.9. The Hall–Kier alpha value is -8.34. The first-order valence-corrected chi connectivity index (χ1v) is 22.1. The molecule has 0 amide bonds. The van der Waals surface area contributed by atoms with E-state index in [4.69, 9.17) is 8.83 Å². The molecule has 2 aliphatic rings. The van der Waals surface area contributed by atoms with Crippen molar-refractivity contribution in [2.24, 2.45) is 0 Å². The fourth-order valence-electron chi connectivity index (χ4n) is 10.7. The van der Waals surface area contributed by atoms with Crippen molar-refractivity contribution in [2.75, 3.05) is 4.90 Å². The van der Waals surface area contributed by atoms with Gasteiger partial charge in [0.25, 0.3) is 0 Å². The summed E-state index contributed by atoms with van der Waals surface area (Å²) in [7, 11) is 0. The number of hydrogen-bond donors (Lipinski definition) is 0. The monoisotopic (exact) mass is 818 g/mol. The summed E-state index contributed by atoms with van der Waals surface area (Å²) in [5.74, 6) is 0.200. The highest BCUT2D eigenvalue weighted by molar-refractivity contribution is 6.12. The lowest BCUT2D eigenvalue weighted by molar-refractivity contribution is 0.668. The molecule has 0 N–H and O–H groups in total. The van der Waals surface area contributed by atoms with E-state index in [0.29, 0.717) is 0 Å². The van der Waals surface area contributed by atoms with Gasteiger partial charge in [0.05, 0.1) is 17.1 Å². The van der Waals surface area contributed by atoms with Crippen molar-refractivity contribution in [1.82, 2.24) is 4.57 Å². The molecule has 0 spiro atoms. The van der Waals surface area contributed by atoms with Crippen LogP contribution < -0.4 is 4.90 Å². The minimum Gasteiger partial charge on any atom is -0.456 e. The maximum absolute atomic E-state index is 6.31. The first-order valence-electron chi connectivity index (χ1n) is 22.1. The zero-order valence-electron chi connectivity index (χ0n) is 34.7. The Labute approximate surface area is 368 Å². The first kappa shape index (κ1) is 35.3. The van der Waals surface area contributed by atoms with E-state index in [0.717, 1.165) is 60.8 Å². The Bertz CT molecular complexity index is 3920. The fourth-order valence-corrected chi connectivity index (χ4v) is 10.7. The van der Waals surface area contributed by atoms with Gasteiger partial charge >= 0.3 is 0 Å². The number of nitrogens with zero attached hydrogens (tertiary/aromatic N) is 2. The molecule has 0 saturated carbocycles. The molecule has 2 unspecified atom stereocenters. The van der Waals surface area contributed by atoms with Crippen LogP contribution in [0.2, 0.25) is 0 Å². The van der Waals surface area contributed by atoms with E-state index in [1.807, 2.05) is 18.2 Å². The normalized spacial score (nSPS) is 15.8. The van der Waals surface area contributed by atoms with E-state index in [1.54, 1.807) is 0 Å². The largest absolute Gasteiger partial charge is 0.456 e. The maximum atomic E-state index is 6.31. The van der Waals surface area contributed by atoms with Gasteiger partial charge in [0.1, 0.15) is 22.3 Å². The summed E-state index contributed by atoms with van der Waals surface area (Å²) >= 11 is 0. The number of fused-ring (bicyclic) bond motifs is 12. The number of allylic oxidation sites excluding steroid dienone is 2. The summed E-state index contributed by atoms with van der Waals surface area (Å²) in [5.41, 5.74) is 17.9. The Morgan fingerprint density at radius 1 is 0.375 bits per heavy atom. The molecule has 3 aromatic heterocycles. The van der Waals surface area contributed by atoms with Crippen LogP contribution in [0.4, 0.5) is 11.4 Å². The molecule has 1 aliphatic heterocycles. The van der Waals surface area contributed by atoms with Gasteiger partial charge < -0.3 is 18.3 Å². The van der Waals surface area contributed by atoms with Crippen molar-refractivity contribution in [3.63, 3.8) is 0 Å². The Morgan fingerprint density at radius 3 is 1.58 bits per heavy atom. The SMILES string of the molecule is C1=CC2c3ccc(-c4ccc5c6ccc(-c7ccccc7)cc6n(-c6ccc7oc8ccccc8c7c6)c5c4)cc3N(c3ccc4oc5ccccc5c4c3)C2C=C1c1ccccc1. The summed E-state index contributed by atoms with van der Waals surface area (Å²) < 4.78 is 15.1. The van der Waals surface area contributed by atoms with Crippen LogP contribution in [0.3, 0.4) is 0 Å². The molecule has 4 heterocycles. The average Bonchev–Trinajstić information content (AvgIpc) is 4.10. The van der Waals surface area contributed by atoms with Gasteiger partial charge in [-0.05, 0) is 106 Å². The second-order valence-electron chi connectivity index (χ2n) is 17.2. The number of anilines is 2. The fraction of sp³-hybridized carbons (Fsp3) is 0.0333. The molecule has 0 bridgehead atoms. The standard InChI is InChI=1S/C60H38N2O2/c1-3-11-37(12-4-1)39-19-25-45-47-27-21-41(33-55(47)61(53(45)31-39)43-23-29-59-51(35-43)49-15-7-9-17-57(49)63-59)42-22-28-48-46-26-20-40(38-13-5-2-6-14-38)32-54(46)62(56(48)34-42)44-24-30-60-52(36-44)50-16-8-10-18-58(50)64-60/h1-36,45,53H. The van der Waals surface area contributed by atoms with Crippen molar-refractivity contribution in [3.8, 4) is 27.9 Å². The van der Waals surface area contributed by atoms with E-state index < -0.39 is 0 Å². The second kappa shape index (κ2) is 13.6. The summed E-state index contributed by atoms with van der Waals surface area (Å²) in [6, 6.07) is 72.5. The second-order valence-corrected chi connectivity index (χ2v) is 17.2. The third-order valence-corrected chi connectivity index (χ3v) is 13.7. The highest BCUT2D eigenvalue weighted by Gasteiger charge is 2.39. The van der Waals surface area contributed by atoms with Crippen LogP contribution in [0.25, 0.3) is 99.2 Å². The molecule has 0 radical (unpaired) electrons. The van der Waals surface area contributed by atoms with Crippen LogP contribution in [0.1, 0.15) is 17.0 Å². The molecule has 12 aromatic rings. The highest BCUT2D eigenvalue weighted by Crippen LogP contribution is 2.51. The van der Waals surface area contributed by atoms with Gasteiger partial charge in [-0.3, -0.25) is 0 Å². The number of benzene rings is 9. The molecule has 64 heavy (non-hydrogen) atoms. The van der Waals surface area contributed by atoms with E-state index in [1.165, 1.54) is 60.9 Å². The number of rotatable bonds is 5. The molecule has 300 valence electrons. The molecular formula is C60H38N2O2. The van der Waals surface area contributed by atoms with Crippen LogP contribution in [0.15, 0.2) is 227 Å². The Kier molecular flexibility index (Phi) is 7.48.